The largest absolute Gasteiger partial charge is 0.385 e. The Morgan fingerprint density at radius 1 is 1.60 bits per heavy atom. The van der Waals surface area contributed by atoms with Crippen LogP contribution in [0.3, 0.4) is 0 Å². The minimum atomic E-state index is 0.679. The van der Waals surface area contributed by atoms with Crippen LogP contribution in [0.15, 0.2) is 0 Å². The van der Waals surface area contributed by atoms with Crippen molar-refractivity contribution in [3.63, 3.8) is 0 Å². The first-order valence-corrected chi connectivity index (χ1v) is 4.18. The van der Waals surface area contributed by atoms with E-state index in [0.717, 1.165) is 12.5 Å². The van der Waals surface area contributed by atoms with Crippen LogP contribution in [0.25, 0.3) is 0 Å². The fraction of sp³-hybridized carbons (Fsp3) is 1.00. The average molecular weight is 142 g/mol. The van der Waals surface area contributed by atoms with Crippen molar-refractivity contribution >= 4 is 0 Å². The molecule has 10 heavy (non-hydrogen) atoms. The van der Waals surface area contributed by atoms with Gasteiger partial charge in [0.1, 0.15) is 0 Å². The van der Waals surface area contributed by atoms with Crippen molar-refractivity contribution in [1.82, 2.24) is 0 Å². The molecule has 2 atom stereocenters. The van der Waals surface area contributed by atoms with Crippen molar-refractivity contribution in [2.75, 3.05) is 13.7 Å². The van der Waals surface area contributed by atoms with Crippen LogP contribution in [-0.4, -0.2) is 13.7 Å². The summed E-state index contributed by atoms with van der Waals surface area (Å²) in [5.41, 5.74) is 0.679. The zero-order valence-electron chi connectivity index (χ0n) is 7.31. The first kappa shape index (κ1) is 8.06. The fourth-order valence-corrected chi connectivity index (χ4v) is 1.61. The van der Waals surface area contributed by atoms with Gasteiger partial charge >= 0.3 is 0 Å². The van der Waals surface area contributed by atoms with E-state index in [1.807, 2.05) is 0 Å². The molecule has 2 unspecified atom stereocenters. The lowest BCUT2D eigenvalue weighted by Gasteiger charge is -2.07. The van der Waals surface area contributed by atoms with Crippen molar-refractivity contribution in [3.05, 3.63) is 0 Å². The minimum Gasteiger partial charge on any atom is -0.385 e. The summed E-state index contributed by atoms with van der Waals surface area (Å²) in [5, 5.41) is 0. The Labute approximate surface area is 63.8 Å². The number of methoxy groups -OCH3 is 1. The van der Waals surface area contributed by atoms with E-state index in [4.69, 9.17) is 4.74 Å². The lowest BCUT2D eigenvalue weighted by Crippen LogP contribution is -1.99. The molecule has 0 amide bonds. The Morgan fingerprint density at radius 2 is 2.20 bits per heavy atom. The van der Waals surface area contributed by atoms with Gasteiger partial charge in [-0.25, -0.2) is 0 Å². The SMILES string of the molecule is COCCCC1(C)CC1C. The van der Waals surface area contributed by atoms with Crippen molar-refractivity contribution in [1.29, 1.82) is 0 Å². The topological polar surface area (TPSA) is 9.23 Å². The van der Waals surface area contributed by atoms with Crippen molar-refractivity contribution in [3.8, 4) is 0 Å². The third kappa shape index (κ3) is 1.72. The highest BCUT2D eigenvalue weighted by Crippen LogP contribution is 2.54. The summed E-state index contributed by atoms with van der Waals surface area (Å²) in [6, 6.07) is 0. The van der Waals surface area contributed by atoms with Crippen molar-refractivity contribution in [2.24, 2.45) is 11.3 Å². The second kappa shape index (κ2) is 2.91. The standard InChI is InChI=1S/C9H18O/c1-8-7-9(8,2)5-4-6-10-3/h8H,4-7H2,1-3H3. The van der Waals surface area contributed by atoms with Gasteiger partial charge in [0.15, 0.2) is 0 Å². The maximum Gasteiger partial charge on any atom is 0.0462 e. The molecule has 0 radical (unpaired) electrons. The van der Waals surface area contributed by atoms with Gasteiger partial charge in [-0.2, -0.15) is 0 Å². The summed E-state index contributed by atoms with van der Waals surface area (Å²) in [6.45, 7) is 5.66. The molecule has 1 aliphatic carbocycles. The van der Waals surface area contributed by atoms with Gasteiger partial charge in [-0.15, -0.1) is 0 Å². The van der Waals surface area contributed by atoms with Gasteiger partial charge in [0.25, 0.3) is 0 Å². The summed E-state index contributed by atoms with van der Waals surface area (Å²) >= 11 is 0. The molecule has 1 saturated carbocycles. The highest BCUT2D eigenvalue weighted by molar-refractivity contribution is 4.95. The van der Waals surface area contributed by atoms with E-state index in [0.29, 0.717) is 5.41 Å². The number of ether oxygens (including phenoxy) is 1. The molecule has 0 bridgehead atoms. The Bertz CT molecular complexity index is 111. The van der Waals surface area contributed by atoms with Crippen LogP contribution in [0.5, 0.6) is 0 Å². The molecular weight excluding hydrogens is 124 g/mol. The lowest BCUT2D eigenvalue weighted by molar-refractivity contribution is 0.185. The summed E-state index contributed by atoms with van der Waals surface area (Å²) in [6.07, 6.45) is 4.01. The summed E-state index contributed by atoms with van der Waals surface area (Å²) in [5.74, 6) is 0.962. The van der Waals surface area contributed by atoms with Crippen LogP contribution in [0.4, 0.5) is 0 Å². The third-order valence-corrected chi connectivity index (χ3v) is 2.90. The first-order valence-electron chi connectivity index (χ1n) is 4.18. The predicted molar refractivity (Wildman–Crippen MR) is 43.0 cm³/mol. The van der Waals surface area contributed by atoms with E-state index in [-0.39, 0.29) is 0 Å². The van der Waals surface area contributed by atoms with Crippen LogP contribution in [0, 0.1) is 11.3 Å². The van der Waals surface area contributed by atoms with Crippen molar-refractivity contribution < 1.29 is 4.74 Å². The second-order valence-corrected chi connectivity index (χ2v) is 3.86. The van der Waals surface area contributed by atoms with Gasteiger partial charge in [-0.1, -0.05) is 13.8 Å². The smallest absolute Gasteiger partial charge is 0.0462 e. The second-order valence-electron chi connectivity index (χ2n) is 3.86. The number of rotatable bonds is 4. The summed E-state index contributed by atoms with van der Waals surface area (Å²) in [7, 11) is 1.78. The normalized spacial score (nSPS) is 38.1. The molecule has 1 heteroatoms. The Kier molecular flexibility index (Phi) is 2.35. The Balaban J connectivity index is 2.03. The third-order valence-electron chi connectivity index (χ3n) is 2.90. The van der Waals surface area contributed by atoms with Crippen molar-refractivity contribution in [2.45, 2.75) is 33.1 Å². The van der Waals surface area contributed by atoms with Crippen LogP contribution in [0.2, 0.25) is 0 Å². The van der Waals surface area contributed by atoms with Crippen LogP contribution in [0.1, 0.15) is 33.1 Å². The fourth-order valence-electron chi connectivity index (χ4n) is 1.61. The zero-order chi connectivity index (χ0) is 7.61. The molecule has 0 spiro atoms. The molecule has 0 aromatic heterocycles. The van der Waals surface area contributed by atoms with Crippen LogP contribution < -0.4 is 0 Å². The zero-order valence-corrected chi connectivity index (χ0v) is 7.31. The van der Waals surface area contributed by atoms with Gasteiger partial charge in [-0.3, -0.25) is 0 Å². The maximum atomic E-state index is 5.00. The predicted octanol–water partition coefficient (Wildman–Crippen LogP) is 2.46. The summed E-state index contributed by atoms with van der Waals surface area (Å²) < 4.78 is 5.00. The highest BCUT2D eigenvalue weighted by Gasteiger charge is 2.45. The molecule has 60 valence electrons. The van der Waals surface area contributed by atoms with E-state index in [1.54, 1.807) is 7.11 Å². The molecule has 0 heterocycles. The lowest BCUT2D eigenvalue weighted by atomic mass is 10.0. The van der Waals surface area contributed by atoms with E-state index < -0.39 is 0 Å². The van der Waals surface area contributed by atoms with Gasteiger partial charge in [0.2, 0.25) is 0 Å². The van der Waals surface area contributed by atoms with Gasteiger partial charge in [-0.05, 0) is 30.6 Å². The van der Waals surface area contributed by atoms with Crippen LogP contribution >= 0.6 is 0 Å². The van der Waals surface area contributed by atoms with E-state index in [2.05, 4.69) is 13.8 Å². The number of hydrogen-bond acceptors (Lipinski definition) is 1. The number of hydrogen-bond donors (Lipinski definition) is 0. The monoisotopic (exact) mass is 142 g/mol. The molecule has 0 N–H and O–H groups in total. The minimum absolute atomic E-state index is 0.679. The average Bonchev–Trinajstić information content (AvgIpc) is 2.42. The molecule has 0 aliphatic heterocycles. The Hall–Kier alpha value is -0.0400. The molecule has 1 fully saturated rings. The van der Waals surface area contributed by atoms with E-state index in [1.165, 1.54) is 19.3 Å². The molecule has 0 saturated heterocycles. The molecule has 0 aromatic carbocycles. The molecular formula is C9H18O. The molecule has 1 aliphatic rings. The summed E-state index contributed by atoms with van der Waals surface area (Å²) in [4.78, 5) is 0. The van der Waals surface area contributed by atoms with E-state index in [9.17, 15) is 0 Å². The maximum absolute atomic E-state index is 5.00. The van der Waals surface area contributed by atoms with E-state index >= 15 is 0 Å². The van der Waals surface area contributed by atoms with Crippen LogP contribution in [-0.2, 0) is 4.74 Å². The first-order chi connectivity index (χ1) is 4.69. The molecule has 0 aromatic rings. The van der Waals surface area contributed by atoms with Gasteiger partial charge in [0, 0.05) is 13.7 Å². The van der Waals surface area contributed by atoms with Gasteiger partial charge in [0.05, 0.1) is 0 Å². The highest BCUT2D eigenvalue weighted by atomic mass is 16.5. The molecule has 1 rings (SSSR count). The van der Waals surface area contributed by atoms with Gasteiger partial charge < -0.3 is 4.74 Å². The molecule has 1 nitrogen and oxygen atoms in total. The quantitative estimate of drug-likeness (QED) is 0.548. The Morgan fingerprint density at radius 3 is 2.60 bits per heavy atom.